The molecule has 0 heterocycles. The van der Waals surface area contributed by atoms with E-state index < -0.39 is 0 Å². The van der Waals surface area contributed by atoms with E-state index in [9.17, 15) is 4.79 Å². The Kier molecular flexibility index (Phi) is 3.73. The van der Waals surface area contributed by atoms with Crippen LogP contribution in [-0.4, -0.2) is 19.7 Å². The van der Waals surface area contributed by atoms with Crippen molar-refractivity contribution >= 4 is 11.8 Å². The van der Waals surface area contributed by atoms with Crippen molar-refractivity contribution in [3.05, 3.63) is 43.0 Å². The van der Waals surface area contributed by atoms with Gasteiger partial charge in [-0.2, -0.15) is 0 Å². The molecule has 1 rings (SSSR count). The highest BCUT2D eigenvalue weighted by molar-refractivity contribution is 5.86. The van der Waals surface area contributed by atoms with Crippen LogP contribution in [0, 0.1) is 0 Å². The Morgan fingerprint density at radius 3 is 2.71 bits per heavy atom. The van der Waals surface area contributed by atoms with E-state index in [1.165, 1.54) is 11.0 Å². The lowest BCUT2D eigenvalue weighted by molar-refractivity contribution is 0.167. The maximum Gasteiger partial charge on any atom is 0.414 e. The molecule has 0 aliphatic heterocycles. The fourth-order valence-electron chi connectivity index (χ4n) is 0.984. The third-order valence-corrected chi connectivity index (χ3v) is 1.74. The molecule has 0 unspecified atom stereocenters. The number of carbonyl (C=O) groups excluding carboxylic acids is 1. The summed E-state index contributed by atoms with van der Waals surface area (Å²) in [6, 6.07) is 9.32. The second kappa shape index (κ2) is 5.07. The third-order valence-electron chi connectivity index (χ3n) is 1.74. The number of rotatable bonds is 3. The molecule has 0 bridgehead atoms. The monoisotopic (exact) mass is 191 g/mol. The van der Waals surface area contributed by atoms with Gasteiger partial charge in [0.05, 0.1) is 0 Å². The predicted octanol–water partition coefficient (Wildman–Crippen LogP) is 2.45. The molecule has 1 aromatic rings. The van der Waals surface area contributed by atoms with Gasteiger partial charge in [-0.1, -0.05) is 30.9 Å². The Bertz CT molecular complexity index is 308. The maximum atomic E-state index is 11.4. The van der Waals surface area contributed by atoms with Crippen LogP contribution in [0.4, 0.5) is 10.5 Å². The number of hydrogen-bond donors (Lipinski definition) is 0. The largest absolute Gasteiger partial charge is 0.445 e. The summed E-state index contributed by atoms with van der Waals surface area (Å²) in [4.78, 5) is 12.8. The summed E-state index contributed by atoms with van der Waals surface area (Å²) < 4.78 is 4.88. The van der Waals surface area contributed by atoms with E-state index in [2.05, 4.69) is 6.58 Å². The highest BCUT2D eigenvalue weighted by Gasteiger charge is 2.10. The number of anilines is 1. The van der Waals surface area contributed by atoms with Crippen molar-refractivity contribution in [3.63, 3.8) is 0 Å². The van der Waals surface area contributed by atoms with Gasteiger partial charge in [-0.05, 0) is 12.1 Å². The second-order valence-corrected chi connectivity index (χ2v) is 2.76. The highest BCUT2D eigenvalue weighted by atomic mass is 16.6. The first-order valence-corrected chi connectivity index (χ1v) is 4.32. The van der Waals surface area contributed by atoms with Gasteiger partial charge < -0.3 is 4.74 Å². The third kappa shape index (κ3) is 2.62. The second-order valence-electron chi connectivity index (χ2n) is 2.76. The molecule has 14 heavy (non-hydrogen) atoms. The molecule has 1 amide bonds. The summed E-state index contributed by atoms with van der Waals surface area (Å²) in [7, 11) is 1.67. The molecule has 1 aromatic carbocycles. The minimum absolute atomic E-state index is 0.232. The average molecular weight is 191 g/mol. The van der Waals surface area contributed by atoms with Crippen LogP contribution >= 0.6 is 0 Å². The number of hydrogen-bond acceptors (Lipinski definition) is 2. The summed E-state index contributed by atoms with van der Waals surface area (Å²) in [5.41, 5.74) is 0.807. The quantitative estimate of drug-likeness (QED) is 0.687. The van der Waals surface area contributed by atoms with Gasteiger partial charge in [0.2, 0.25) is 0 Å². The topological polar surface area (TPSA) is 29.5 Å². The van der Waals surface area contributed by atoms with Crippen LogP contribution in [0.1, 0.15) is 0 Å². The van der Waals surface area contributed by atoms with Crippen molar-refractivity contribution in [1.29, 1.82) is 0 Å². The minimum atomic E-state index is -0.379. The van der Waals surface area contributed by atoms with Crippen molar-refractivity contribution in [2.75, 3.05) is 18.6 Å². The fraction of sp³-hybridized carbons (Fsp3) is 0.182. The van der Waals surface area contributed by atoms with Crippen LogP contribution < -0.4 is 4.90 Å². The van der Waals surface area contributed by atoms with Gasteiger partial charge in [0, 0.05) is 12.7 Å². The van der Waals surface area contributed by atoms with Gasteiger partial charge in [0.25, 0.3) is 0 Å². The summed E-state index contributed by atoms with van der Waals surface area (Å²) in [6.45, 7) is 3.70. The molecule has 0 aliphatic rings. The van der Waals surface area contributed by atoms with Crippen LogP contribution in [0.25, 0.3) is 0 Å². The zero-order valence-corrected chi connectivity index (χ0v) is 8.14. The number of amides is 1. The van der Waals surface area contributed by atoms with Crippen molar-refractivity contribution in [1.82, 2.24) is 0 Å². The summed E-state index contributed by atoms with van der Waals surface area (Å²) in [5, 5.41) is 0. The number of carbonyl (C=O) groups is 1. The first-order valence-electron chi connectivity index (χ1n) is 4.32. The molecule has 0 saturated carbocycles. The van der Waals surface area contributed by atoms with E-state index in [4.69, 9.17) is 4.74 Å². The molecule has 74 valence electrons. The molecule has 0 aliphatic carbocycles. The van der Waals surface area contributed by atoms with Crippen LogP contribution in [-0.2, 0) is 4.74 Å². The Balaban J connectivity index is 2.61. The van der Waals surface area contributed by atoms with E-state index in [-0.39, 0.29) is 12.7 Å². The normalized spacial score (nSPS) is 9.21. The number of para-hydroxylation sites is 1. The molecule has 0 fully saturated rings. The van der Waals surface area contributed by atoms with Crippen LogP contribution in [0.2, 0.25) is 0 Å². The lowest BCUT2D eigenvalue weighted by Crippen LogP contribution is -2.26. The molecule has 3 heteroatoms. The van der Waals surface area contributed by atoms with Crippen molar-refractivity contribution in [2.24, 2.45) is 0 Å². The Morgan fingerprint density at radius 2 is 2.14 bits per heavy atom. The lowest BCUT2D eigenvalue weighted by Gasteiger charge is -2.15. The zero-order chi connectivity index (χ0) is 10.4. The number of nitrogens with zero attached hydrogens (tertiary/aromatic N) is 1. The Morgan fingerprint density at radius 1 is 1.50 bits per heavy atom. The Labute approximate surface area is 83.6 Å². The summed E-state index contributed by atoms with van der Waals surface area (Å²) >= 11 is 0. The molecule has 0 atom stereocenters. The number of benzene rings is 1. The Hall–Kier alpha value is -1.77. The van der Waals surface area contributed by atoms with Gasteiger partial charge in [0.15, 0.2) is 0 Å². The lowest BCUT2D eigenvalue weighted by atomic mass is 10.3. The minimum Gasteiger partial charge on any atom is -0.445 e. The average Bonchev–Trinajstić information content (AvgIpc) is 2.26. The van der Waals surface area contributed by atoms with Crippen LogP contribution in [0.15, 0.2) is 43.0 Å². The smallest absolute Gasteiger partial charge is 0.414 e. The zero-order valence-electron chi connectivity index (χ0n) is 8.14. The van der Waals surface area contributed by atoms with Gasteiger partial charge in [-0.3, -0.25) is 4.90 Å². The van der Waals surface area contributed by atoms with Gasteiger partial charge >= 0.3 is 6.09 Å². The summed E-state index contributed by atoms with van der Waals surface area (Å²) in [6.07, 6.45) is 1.16. The van der Waals surface area contributed by atoms with E-state index in [1.54, 1.807) is 7.05 Å². The van der Waals surface area contributed by atoms with Crippen molar-refractivity contribution < 1.29 is 9.53 Å². The summed E-state index contributed by atoms with van der Waals surface area (Å²) in [5.74, 6) is 0. The molecule has 0 radical (unpaired) electrons. The SMILES string of the molecule is C=CCOC(=O)N(C)c1ccccc1. The van der Waals surface area contributed by atoms with Crippen LogP contribution in [0.3, 0.4) is 0 Å². The molecule has 0 saturated heterocycles. The first-order chi connectivity index (χ1) is 6.75. The highest BCUT2D eigenvalue weighted by Crippen LogP contribution is 2.11. The van der Waals surface area contributed by atoms with Crippen molar-refractivity contribution in [3.8, 4) is 0 Å². The molecular weight excluding hydrogens is 178 g/mol. The van der Waals surface area contributed by atoms with E-state index >= 15 is 0 Å². The fourth-order valence-corrected chi connectivity index (χ4v) is 0.984. The van der Waals surface area contributed by atoms with E-state index in [0.29, 0.717) is 0 Å². The maximum absolute atomic E-state index is 11.4. The molecule has 0 aromatic heterocycles. The molecule has 3 nitrogen and oxygen atoms in total. The molecule has 0 spiro atoms. The predicted molar refractivity (Wildman–Crippen MR) is 56.4 cm³/mol. The molecule has 0 N–H and O–H groups in total. The standard InChI is InChI=1S/C11H13NO2/c1-3-9-14-11(13)12(2)10-7-5-4-6-8-10/h3-8H,1,9H2,2H3. The molecular formula is C11H13NO2. The van der Waals surface area contributed by atoms with Crippen molar-refractivity contribution in [2.45, 2.75) is 0 Å². The van der Waals surface area contributed by atoms with Gasteiger partial charge in [-0.25, -0.2) is 4.79 Å². The van der Waals surface area contributed by atoms with Crippen LogP contribution in [0.5, 0.6) is 0 Å². The van der Waals surface area contributed by atoms with Gasteiger partial charge in [0.1, 0.15) is 6.61 Å². The van der Waals surface area contributed by atoms with Gasteiger partial charge in [-0.15, -0.1) is 0 Å². The van der Waals surface area contributed by atoms with E-state index in [0.717, 1.165) is 5.69 Å². The first kappa shape index (κ1) is 10.3. The number of ether oxygens (including phenoxy) is 1. The van der Waals surface area contributed by atoms with E-state index in [1.807, 2.05) is 30.3 Å².